The summed E-state index contributed by atoms with van der Waals surface area (Å²) < 4.78 is 24.2. The highest BCUT2D eigenvalue weighted by Gasteiger charge is 2.51. The number of carbonyl (C=O) groups is 1. The Morgan fingerprint density at radius 3 is 2.33 bits per heavy atom. The average Bonchev–Trinajstić information content (AvgIpc) is 1.62. The molecule has 3 nitrogen and oxygen atoms in total. The summed E-state index contributed by atoms with van der Waals surface area (Å²) in [5.74, 6) is -3.92. The second-order valence-electron chi connectivity index (χ2n) is 1.98. The molecule has 1 saturated heterocycles. The topological polar surface area (TPSA) is 55.1 Å². The van der Waals surface area contributed by atoms with E-state index in [0.29, 0.717) is 0 Å². The van der Waals surface area contributed by atoms with Crippen LogP contribution in [0.5, 0.6) is 0 Å². The minimum Gasteiger partial charge on any atom is -0.368 e. The quantitative estimate of drug-likeness (QED) is 0.489. The molecule has 1 heterocycles. The summed E-state index contributed by atoms with van der Waals surface area (Å²) in [6.07, 6.45) is 0. The van der Waals surface area contributed by atoms with Crippen LogP contribution in [0.15, 0.2) is 0 Å². The van der Waals surface area contributed by atoms with Gasteiger partial charge in [0.15, 0.2) is 6.04 Å². The number of halogens is 2. The molecule has 3 N–H and O–H groups in total. The molecule has 1 unspecified atom stereocenters. The number of primary amides is 1. The monoisotopic (exact) mass is 136 g/mol. The summed E-state index contributed by atoms with van der Waals surface area (Å²) in [6, 6.07) is -1.45. The molecule has 1 aliphatic heterocycles. The van der Waals surface area contributed by atoms with Gasteiger partial charge in [-0.25, -0.2) is 8.78 Å². The van der Waals surface area contributed by atoms with Crippen LogP contribution in [0, 0.1) is 0 Å². The SMILES string of the molecule is NC(=O)C1NCC1(F)F. The number of rotatable bonds is 1. The van der Waals surface area contributed by atoms with Crippen molar-refractivity contribution in [3.63, 3.8) is 0 Å². The lowest BCUT2D eigenvalue weighted by Gasteiger charge is -2.34. The van der Waals surface area contributed by atoms with Gasteiger partial charge in [-0.15, -0.1) is 0 Å². The van der Waals surface area contributed by atoms with Crippen LogP contribution in [-0.4, -0.2) is 24.4 Å². The van der Waals surface area contributed by atoms with Gasteiger partial charge in [0.25, 0.3) is 5.92 Å². The highest BCUT2D eigenvalue weighted by molar-refractivity contribution is 5.82. The first-order valence-corrected chi connectivity index (χ1v) is 2.44. The number of carbonyl (C=O) groups excluding carboxylic acids is 1. The molecule has 0 radical (unpaired) electrons. The fraction of sp³-hybridized carbons (Fsp3) is 0.750. The Hall–Kier alpha value is -0.710. The molecule has 1 atom stereocenters. The van der Waals surface area contributed by atoms with E-state index >= 15 is 0 Å². The maximum atomic E-state index is 12.1. The van der Waals surface area contributed by atoms with Gasteiger partial charge in [-0.3, -0.25) is 10.1 Å². The van der Waals surface area contributed by atoms with Crippen molar-refractivity contribution in [3.05, 3.63) is 0 Å². The van der Waals surface area contributed by atoms with E-state index < -0.39 is 24.4 Å². The standard InChI is InChI=1S/C4H6F2N2O/c5-4(6)1-8-2(4)3(7)9/h2,8H,1H2,(H2,7,9). The summed E-state index contributed by atoms with van der Waals surface area (Å²) in [5.41, 5.74) is 4.59. The molecule has 1 aliphatic rings. The summed E-state index contributed by atoms with van der Waals surface area (Å²) in [7, 11) is 0. The Morgan fingerprint density at radius 2 is 2.33 bits per heavy atom. The van der Waals surface area contributed by atoms with Gasteiger partial charge in [0, 0.05) is 0 Å². The lowest BCUT2D eigenvalue weighted by molar-refractivity contribution is -0.143. The van der Waals surface area contributed by atoms with Gasteiger partial charge in [-0.1, -0.05) is 0 Å². The summed E-state index contributed by atoms with van der Waals surface area (Å²) in [5, 5.41) is 2.21. The van der Waals surface area contributed by atoms with E-state index in [2.05, 4.69) is 11.1 Å². The summed E-state index contributed by atoms with van der Waals surface area (Å²) >= 11 is 0. The molecule has 0 spiro atoms. The van der Waals surface area contributed by atoms with Crippen LogP contribution in [0.2, 0.25) is 0 Å². The number of hydrogen-bond acceptors (Lipinski definition) is 2. The first-order valence-electron chi connectivity index (χ1n) is 2.44. The first-order chi connectivity index (χ1) is 4.04. The molecule has 1 rings (SSSR count). The zero-order chi connectivity index (χ0) is 7.07. The van der Waals surface area contributed by atoms with Gasteiger partial charge in [0.1, 0.15) is 0 Å². The minimum absolute atomic E-state index is 0.444. The van der Waals surface area contributed by atoms with E-state index in [1.807, 2.05) is 0 Å². The van der Waals surface area contributed by atoms with E-state index in [1.54, 1.807) is 0 Å². The van der Waals surface area contributed by atoms with E-state index in [0.717, 1.165) is 0 Å². The van der Waals surface area contributed by atoms with Crippen LogP contribution in [0.1, 0.15) is 0 Å². The van der Waals surface area contributed by atoms with Gasteiger partial charge < -0.3 is 5.73 Å². The van der Waals surface area contributed by atoms with E-state index in [1.165, 1.54) is 0 Å². The number of alkyl halides is 2. The lowest BCUT2D eigenvalue weighted by Crippen LogP contribution is -2.67. The molecule has 1 fully saturated rings. The highest BCUT2D eigenvalue weighted by atomic mass is 19.3. The summed E-state index contributed by atoms with van der Waals surface area (Å²) in [6.45, 7) is -0.444. The molecule has 5 heteroatoms. The van der Waals surface area contributed by atoms with Gasteiger partial charge >= 0.3 is 0 Å². The normalized spacial score (nSPS) is 31.1. The Kier molecular flexibility index (Phi) is 1.16. The van der Waals surface area contributed by atoms with Crippen molar-refractivity contribution in [2.75, 3.05) is 6.54 Å². The third-order valence-corrected chi connectivity index (χ3v) is 1.25. The van der Waals surface area contributed by atoms with Crippen LogP contribution < -0.4 is 11.1 Å². The van der Waals surface area contributed by atoms with Crippen molar-refractivity contribution >= 4 is 5.91 Å². The molecule has 0 aromatic rings. The van der Waals surface area contributed by atoms with Crippen LogP contribution in [0.25, 0.3) is 0 Å². The molecule has 0 aromatic carbocycles. The Balaban J connectivity index is 2.55. The maximum absolute atomic E-state index is 12.1. The fourth-order valence-corrected chi connectivity index (χ4v) is 0.667. The Bertz CT molecular complexity index is 148. The predicted octanol–water partition coefficient (Wildman–Crippen LogP) is -0.921. The molecule has 9 heavy (non-hydrogen) atoms. The largest absolute Gasteiger partial charge is 0.368 e. The molecule has 52 valence electrons. The molecular formula is C4H6F2N2O. The second-order valence-corrected chi connectivity index (χ2v) is 1.98. The van der Waals surface area contributed by atoms with Crippen molar-refractivity contribution in [1.29, 1.82) is 0 Å². The third kappa shape index (κ3) is 0.873. The number of amides is 1. The second kappa shape index (κ2) is 1.63. The van der Waals surface area contributed by atoms with Crippen LogP contribution in [-0.2, 0) is 4.79 Å². The van der Waals surface area contributed by atoms with Gasteiger partial charge in [0.2, 0.25) is 5.91 Å². The van der Waals surface area contributed by atoms with Gasteiger partial charge in [-0.05, 0) is 0 Å². The van der Waals surface area contributed by atoms with Crippen molar-refractivity contribution in [2.24, 2.45) is 5.73 Å². The van der Waals surface area contributed by atoms with E-state index in [4.69, 9.17) is 0 Å². The van der Waals surface area contributed by atoms with Crippen molar-refractivity contribution in [3.8, 4) is 0 Å². The smallest absolute Gasteiger partial charge is 0.284 e. The molecular weight excluding hydrogens is 130 g/mol. The average molecular weight is 136 g/mol. The van der Waals surface area contributed by atoms with Crippen molar-refractivity contribution in [2.45, 2.75) is 12.0 Å². The Labute approximate surface area is 50.2 Å². The third-order valence-electron chi connectivity index (χ3n) is 1.25. The summed E-state index contributed by atoms with van der Waals surface area (Å²) in [4.78, 5) is 10.1. The molecule has 0 saturated carbocycles. The van der Waals surface area contributed by atoms with E-state index in [-0.39, 0.29) is 0 Å². The first kappa shape index (κ1) is 6.41. The van der Waals surface area contributed by atoms with Gasteiger partial charge in [0.05, 0.1) is 6.54 Å². The minimum atomic E-state index is -2.92. The zero-order valence-corrected chi connectivity index (χ0v) is 4.53. The molecule has 0 aromatic heterocycles. The van der Waals surface area contributed by atoms with Crippen molar-refractivity contribution in [1.82, 2.24) is 5.32 Å². The highest BCUT2D eigenvalue weighted by Crippen LogP contribution is 2.24. The molecule has 1 amide bonds. The van der Waals surface area contributed by atoms with Crippen LogP contribution in [0.4, 0.5) is 8.78 Å². The predicted molar refractivity (Wildman–Crippen MR) is 25.9 cm³/mol. The number of nitrogens with two attached hydrogens (primary N) is 1. The zero-order valence-electron chi connectivity index (χ0n) is 4.53. The fourth-order valence-electron chi connectivity index (χ4n) is 0.667. The number of nitrogens with one attached hydrogen (secondary N) is 1. The van der Waals surface area contributed by atoms with Crippen LogP contribution in [0.3, 0.4) is 0 Å². The lowest BCUT2D eigenvalue weighted by atomic mass is 10.0. The van der Waals surface area contributed by atoms with Gasteiger partial charge in [-0.2, -0.15) is 0 Å². The molecule has 0 aliphatic carbocycles. The van der Waals surface area contributed by atoms with E-state index in [9.17, 15) is 13.6 Å². The van der Waals surface area contributed by atoms with Crippen LogP contribution >= 0.6 is 0 Å². The number of hydrogen-bond donors (Lipinski definition) is 2. The Morgan fingerprint density at radius 1 is 1.78 bits per heavy atom. The molecule has 0 bridgehead atoms. The maximum Gasteiger partial charge on any atom is 0.284 e. The van der Waals surface area contributed by atoms with Crippen molar-refractivity contribution < 1.29 is 13.6 Å².